The number of rotatable bonds is 12. The van der Waals surface area contributed by atoms with Crippen LogP contribution in [0.25, 0.3) is 99.5 Å². The van der Waals surface area contributed by atoms with E-state index in [1.54, 1.807) is 0 Å². The van der Waals surface area contributed by atoms with Gasteiger partial charge >= 0.3 is 0 Å². The molecule has 13 aromatic carbocycles. The van der Waals surface area contributed by atoms with Gasteiger partial charge < -0.3 is 18.9 Å². The van der Waals surface area contributed by atoms with E-state index in [1.165, 1.54) is 77.0 Å². The molecule has 2 heterocycles. The fourth-order valence-electron chi connectivity index (χ4n) is 12.4. The normalized spacial score (nSPS) is 11.5. The van der Waals surface area contributed by atoms with Crippen LogP contribution in [0.3, 0.4) is 0 Å². The Labute approximate surface area is 490 Å². The molecule has 4 nitrogen and oxygen atoms in total. The number of anilines is 6. The predicted octanol–water partition coefficient (Wildman–Crippen LogP) is 22.1. The van der Waals surface area contributed by atoms with Crippen LogP contribution in [0.15, 0.2) is 315 Å². The Bertz CT molecular complexity index is 4860. The number of benzene rings is 13. The smallest absolute Gasteiger partial charge is 0.0542 e. The lowest BCUT2D eigenvalue weighted by Gasteiger charge is -2.26. The van der Waals surface area contributed by atoms with Crippen LogP contribution < -0.4 is 9.80 Å². The highest BCUT2D eigenvalue weighted by molar-refractivity contribution is 6.12. The predicted molar refractivity (Wildman–Crippen MR) is 356 cm³/mol. The van der Waals surface area contributed by atoms with Gasteiger partial charge in [-0.25, -0.2) is 0 Å². The van der Waals surface area contributed by atoms with Gasteiger partial charge in [-0.15, -0.1) is 0 Å². The number of aromatic nitrogens is 2. The van der Waals surface area contributed by atoms with E-state index in [1.807, 2.05) is 0 Å². The highest BCUT2D eigenvalue weighted by Crippen LogP contribution is 2.44. The molecule has 15 rings (SSSR count). The summed E-state index contributed by atoms with van der Waals surface area (Å²) >= 11 is 0. The molecule has 0 aliphatic heterocycles. The number of fused-ring (bicyclic) bond motifs is 6. The summed E-state index contributed by atoms with van der Waals surface area (Å²) in [6.07, 6.45) is 0. The summed E-state index contributed by atoms with van der Waals surface area (Å²) in [5, 5.41) is 4.86. The molecule has 0 aliphatic carbocycles. The van der Waals surface area contributed by atoms with Gasteiger partial charge in [-0.2, -0.15) is 0 Å². The van der Waals surface area contributed by atoms with Crippen molar-refractivity contribution in [3.05, 3.63) is 327 Å². The fourth-order valence-corrected chi connectivity index (χ4v) is 12.4. The van der Waals surface area contributed by atoms with Gasteiger partial charge in [0.1, 0.15) is 0 Å². The van der Waals surface area contributed by atoms with Crippen LogP contribution in [0.1, 0.15) is 11.1 Å². The largest absolute Gasteiger partial charge is 0.310 e. The van der Waals surface area contributed by atoms with E-state index in [-0.39, 0.29) is 0 Å². The first-order valence-electron chi connectivity index (χ1n) is 28.9. The lowest BCUT2D eigenvalue weighted by Crippen LogP contribution is -2.10. The number of hydrogen-bond acceptors (Lipinski definition) is 2. The van der Waals surface area contributed by atoms with E-state index in [0.29, 0.717) is 0 Å². The molecule has 0 atom stereocenters. The molecule has 0 spiro atoms. The average molecular weight is 1080 g/mol. The summed E-state index contributed by atoms with van der Waals surface area (Å²) < 4.78 is 4.78. The minimum Gasteiger partial charge on any atom is -0.310 e. The maximum Gasteiger partial charge on any atom is 0.0542 e. The first-order valence-corrected chi connectivity index (χ1v) is 28.9. The van der Waals surface area contributed by atoms with E-state index >= 15 is 0 Å². The van der Waals surface area contributed by atoms with Crippen LogP contribution >= 0.6 is 0 Å². The maximum absolute atomic E-state index is 2.40. The summed E-state index contributed by atoms with van der Waals surface area (Å²) in [5.74, 6) is 0. The summed E-state index contributed by atoms with van der Waals surface area (Å²) in [7, 11) is 0. The van der Waals surface area contributed by atoms with Crippen molar-refractivity contribution in [3.63, 3.8) is 0 Å². The van der Waals surface area contributed by atoms with Gasteiger partial charge in [0.25, 0.3) is 0 Å². The van der Waals surface area contributed by atoms with E-state index in [4.69, 9.17) is 0 Å². The summed E-state index contributed by atoms with van der Waals surface area (Å²) in [6.45, 7) is 4.28. The highest BCUT2D eigenvalue weighted by atomic mass is 15.1. The SMILES string of the molecule is Cc1ccc(-n2c3ccccc3c3cc(N(c4ccc(-c5ccccc5)cc4)c4ccc(-c5cccc(-c6cccc(N(c7ccc(-c8ccccc8)cc7)c7ccc8c(c7)c7ccccc7n8-c7ccc(C)cc7)c6)c5)cc4)ccc32)cc1. The van der Waals surface area contributed by atoms with Gasteiger partial charge in [-0.3, -0.25) is 0 Å². The Balaban J connectivity index is 0.797. The van der Waals surface area contributed by atoms with Crippen LogP contribution in [0, 0.1) is 13.8 Å². The summed E-state index contributed by atoms with van der Waals surface area (Å²) in [5.41, 5.74) is 25.3. The summed E-state index contributed by atoms with van der Waals surface area (Å²) in [6, 6.07) is 115. The molecule has 0 aliphatic rings. The third kappa shape index (κ3) is 9.17. The zero-order valence-electron chi connectivity index (χ0n) is 46.8. The van der Waals surface area contributed by atoms with Gasteiger partial charge in [-0.1, -0.05) is 199 Å². The van der Waals surface area contributed by atoms with Crippen LogP contribution in [0.2, 0.25) is 0 Å². The Morgan fingerprint density at radius 3 is 0.964 bits per heavy atom. The van der Waals surface area contributed by atoms with E-state index in [9.17, 15) is 0 Å². The molecule has 4 heteroatoms. The average Bonchev–Trinajstić information content (AvgIpc) is 2.38. The Morgan fingerprint density at radius 2 is 0.512 bits per heavy atom. The standard InChI is InChI=1S/C80H58N4/c1-55-27-37-68(38-28-55)83-77-25-11-9-23-73(77)75-53-71(47-49-79(75)83)81(65-41-31-59(32-42-65)57-15-5-3-6-16-57)66-45-35-61(36-46-66)62-19-13-20-63(51-62)64-21-14-22-70(52-64)82(67-43-33-60(34-44-67)58-17-7-4-8-18-58)72-48-50-80-76(54-72)74-24-10-12-26-78(74)84(80)69-39-29-56(2)30-40-69/h3-54H,1-2H3. The van der Waals surface area contributed by atoms with E-state index in [2.05, 4.69) is 348 Å². The maximum atomic E-state index is 2.40. The van der Waals surface area contributed by atoms with Crippen molar-refractivity contribution in [3.8, 4) is 55.9 Å². The second-order valence-corrected chi connectivity index (χ2v) is 22.0. The van der Waals surface area contributed by atoms with Crippen LogP contribution in [-0.4, -0.2) is 9.13 Å². The topological polar surface area (TPSA) is 16.3 Å². The zero-order valence-corrected chi connectivity index (χ0v) is 46.8. The van der Waals surface area contributed by atoms with Crippen LogP contribution in [0.4, 0.5) is 34.1 Å². The van der Waals surface area contributed by atoms with Gasteiger partial charge in [0, 0.05) is 67.0 Å². The number of nitrogens with zero attached hydrogens (tertiary/aromatic N) is 4. The second kappa shape index (κ2) is 21.2. The molecule has 15 aromatic rings. The van der Waals surface area contributed by atoms with E-state index < -0.39 is 0 Å². The Hall–Kier alpha value is -10.9. The molecular formula is C80H58N4. The third-order valence-electron chi connectivity index (χ3n) is 16.6. The zero-order chi connectivity index (χ0) is 56.1. The van der Waals surface area contributed by atoms with Crippen molar-refractivity contribution in [2.75, 3.05) is 9.80 Å². The Kier molecular flexibility index (Phi) is 12.6. The molecule has 0 fully saturated rings. The van der Waals surface area contributed by atoms with Crippen LogP contribution in [-0.2, 0) is 0 Å². The number of hydrogen-bond donors (Lipinski definition) is 0. The molecule has 398 valence electrons. The van der Waals surface area contributed by atoms with Crippen molar-refractivity contribution in [2.45, 2.75) is 13.8 Å². The lowest BCUT2D eigenvalue weighted by atomic mass is 9.98. The molecule has 2 aromatic heterocycles. The van der Waals surface area contributed by atoms with Crippen molar-refractivity contribution in [1.29, 1.82) is 0 Å². The van der Waals surface area contributed by atoms with Crippen molar-refractivity contribution < 1.29 is 0 Å². The molecule has 84 heavy (non-hydrogen) atoms. The van der Waals surface area contributed by atoms with Gasteiger partial charge in [0.05, 0.1) is 22.1 Å². The summed E-state index contributed by atoms with van der Waals surface area (Å²) in [4.78, 5) is 4.79. The minimum absolute atomic E-state index is 1.08. The second-order valence-electron chi connectivity index (χ2n) is 22.0. The molecule has 0 unspecified atom stereocenters. The quantitative estimate of drug-likeness (QED) is 0.121. The van der Waals surface area contributed by atoms with Crippen molar-refractivity contribution in [2.24, 2.45) is 0 Å². The minimum atomic E-state index is 1.08. The first-order chi connectivity index (χ1) is 41.5. The molecular weight excluding hydrogens is 1020 g/mol. The fraction of sp³-hybridized carbons (Fsp3) is 0.0250. The molecule has 0 amide bonds. The Morgan fingerprint density at radius 1 is 0.202 bits per heavy atom. The number of aryl methyl sites for hydroxylation is 2. The third-order valence-corrected chi connectivity index (χ3v) is 16.6. The lowest BCUT2D eigenvalue weighted by molar-refractivity contribution is 1.17. The van der Waals surface area contributed by atoms with Gasteiger partial charge in [-0.05, 0) is 186 Å². The van der Waals surface area contributed by atoms with Gasteiger partial charge in [0.2, 0.25) is 0 Å². The highest BCUT2D eigenvalue weighted by Gasteiger charge is 2.21. The molecule has 0 N–H and O–H groups in total. The van der Waals surface area contributed by atoms with Gasteiger partial charge in [0.15, 0.2) is 0 Å². The molecule has 0 saturated carbocycles. The van der Waals surface area contributed by atoms with Crippen molar-refractivity contribution >= 4 is 77.7 Å². The monoisotopic (exact) mass is 1070 g/mol. The molecule has 0 saturated heterocycles. The van der Waals surface area contributed by atoms with Crippen LogP contribution in [0.5, 0.6) is 0 Å². The first kappa shape index (κ1) is 50.1. The molecule has 0 radical (unpaired) electrons. The number of para-hydroxylation sites is 2. The molecule has 0 bridgehead atoms. The van der Waals surface area contributed by atoms with E-state index in [0.717, 1.165) is 67.8 Å². The van der Waals surface area contributed by atoms with Crippen molar-refractivity contribution in [1.82, 2.24) is 9.13 Å².